The Balaban J connectivity index is 1.90. The largest absolute Gasteiger partial charge is 0.547 e. The summed E-state index contributed by atoms with van der Waals surface area (Å²) in [6.45, 7) is 0. The third-order valence-corrected chi connectivity index (χ3v) is 4.99. The lowest BCUT2D eigenvalue weighted by molar-refractivity contribution is -0.123. The standard InChI is InChI=1S/C16H15BF2N4O8S/c18-8-2-1-6-3-10(17(28)31-14(6)11(8)16(26)27)22-15(25)13(23-32(20,29)30)12-9(19)4-7(24)5-21-12/h1-2,4-5,10,13,23-24,28H,3H2,(H,22,25)(H,26,27)(H2,20,29,30)/t10-,13?/m0/s1. The van der Waals surface area contributed by atoms with Crippen molar-refractivity contribution in [3.8, 4) is 11.5 Å². The van der Waals surface area contributed by atoms with Crippen molar-refractivity contribution in [1.82, 2.24) is 15.0 Å². The molecule has 1 amide bonds. The smallest absolute Gasteiger partial charge is 0.534 e. The van der Waals surface area contributed by atoms with Crippen molar-refractivity contribution < 1.29 is 46.7 Å². The zero-order valence-corrected chi connectivity index (χ0v) is 16.6. The molecular formula is C16H15BF2N4O8S. The van der Waals surface area contributed by atoms with Gasteiger partial charge in [0.2, 0.25) is 5.91 Å². The molecule has 0 aliphatic carbocycles. The van der Waals surface area contributed by atoms with Gasteiger partial charge in [0.15, 0.2) is 5.82 Å². The summed E-state index contributed by atoms with van der Waals surface area (Å²) in [5.74, 6) is -7.46. The Morgan fingerprint density at radius 1 is 1.31 bits per heavy atom. The molecule has 1 unspecified atom stereocenters. The van der Waals surface area contributed by atoms with Crippen LogP contribution in [0.4, 0.5) is 8.78 Å². The summed E-state index contributed by atoms with van der Waals surface area (Å²) in [6.07, 6.45) is 0.524. The Kier molecular flexibility index (Phi) is 6.31. The Hall–Kier alpha value is -3.34. The van der Waals surface area contributed by atoms with Gasteiger partial charge in [-0.2, -0.15) is 13.1 Å². The van der Waals surface area contributed by atoms with E-state index in [0.717, 1.165) is 12.3 Å². The van der Waals surface area contributed by atoms with Gasteiger partial charge < -0.3 is 25.2 Å². The minimum atomic E-state index is -4.55. The Labute approximate surface area is 179 Å². The molecule has 2 aromatic rings. The van der Waals surface area contributed by atoms with Crippen LogP contribution in [-0.4, -0.2) is 53.6 Å². The summed E-state index contributed by atoms with van der Waals surface area (Å²) in [4.78, 5) is 27.5. The van der Waals surface area contributed by atoms with Gasteiger partial charge in [-0.1, -0.05) is 6.07 Å². The van der Waals surface area contributed by atoms with Gasteiger partial charge >= 0.3 is 13.1 Å². The number of nitrogens with two attached hydrogens (primary N) is 1. The molecule has 1 aromatic carbocycles. The zero-order valence-electron chi connectivity index (χ0n) is 15.8. The van der Waals surface area contributed by atoms with Gasteiger partial charge in [0.05, 0.1) is 12.1 Å². The van der Waals surface area contributed by atoms with Crippen LogP contribution in [0.15, 0.2) is 24.4 Å². The van der Waals surface area contributed by atoms with Crippen LogP contribution in [0.2, 0.25) is 0 Å². The van der Waals surface area contributed by atoms with Gasteiger partial charge in [-0.15, -0.1) is 0 Å². The predicted octanol–water partition coefficient (Wildman–Crippen LogP) is -1.26. The predicted molar refractivity (Wildman–Crippen MR) is 102 cm³/mol. The van der Waals surface area contributed by atoms with Crippen molar-refractivity contribution in [3.63, 3.8) is 0 Å². The number of carboxylic acids is 1. The summed E-state index contributed by atoms with van der Waals surface area (Å²) in [7, 11) is -6.41. The van der Waals surface area contributed by atoms with Crippen molar-refractivity contribution in [2.75, 3.05) is 0 Å². The summed E-state index contributed by atoms with van der Waals surface area (Å²) in [5, 5.41) is 35.8. The number of hydrogen-bond acceptors (Lipinski definition) is 8. The van der Waals surface area contributed by atoms with E-state index in [9.17, 15) is 36.9 Å². The van der Waals surface area contributed by atoms with E-state index in [0.29, 0.717) is 6.07 Å². The maximum atomic E-state index is 14.2. The normalized spacial score (nSPS) is 16.6. The van der Waals surface area contributed by atoms with E-state index in [-0.39, 0.29) is 12.0 Å². The lowest BCUT2D eigenvalue weighted by Crippen LogP contribution is -2.56. The average molecular weight is 472 g/mol. The molecule has 1 aliphatic heterocycles. The van der Waals surface area contributed by atoms with Crippen LogP contribution in [0.3, 0.4) is 0 Å². The molecule has 0 fully saturated rings. The first-order valence-corrected chi connectivity index (χ1v) is 10.3. The van der Waals surface area contributed by atoms with E-state index in [4.69, 9.17) is 14.9 Å². The van der Waals surface area contributed by atoms with Gasteiger partial charge in [-0.3, -0.25) is 9.78 Å². The van der Waals surface area contributed by atoms with E-state index in [1.807, 2.05) is 0 Å². The number of aromatic nitrogens is 1. The van der Waals surface area contributed by atoms with E-state index >= 15 is 0 Å². The first-order chi connectivity index (χ1) is 14.9. The molecule has 2 atom stereocenters. The highest BCUT2D eigenvalue weighted by Gasteiger charge is 2.40. The van der Waals surface area contributed by atoms with E-state index in [1.54, 1.807) is 4.72 Å². The number of halogens is 2. The van der Waals surface area contributed by atoms with E-state index < -0.39 is 75.6 Å². The van der Waals surface area contributed by atoms with Crippen LogP contribution >= 0.6 is 0 Å². The van der Waals surface area contributed by atoms with Crippen LogP contribution in [0.5, 0.6) is 11.5 Å². The van der Waals surface area contributed by atoms with Gasteiger partial charge in [-0.25, -0.2) is 18.7 Å². The molecular weight excluding hydrogens is 457 g/mol. The highest BCUT2D eigenvalue weighted by Crippen LogP contribution is 2.32. The third-order valence-electron chi connectivity index (χ3n) is 4.43. The second-order valence-corrected chi connectivity index (χ2v) is 8.03. The number of carboxylic acid groups (broad SMARTS) is 1. The summed E-state index contributed by atoms with van der Waals surface area (Å²) < 4.78 is 57.7. The molecule has 0 saturated heterocycles. The van der Waals surface area contributed by atoms with Crippen molar-refractivity contribution in [1.29, 1.82) is 0 Å². The van der Waals surface area contributed by atoms with Crippen LogP contribution < -0.4 is 19.8 Å². The molecule has 3 rings (SSSR count). The fourth-order valence-corrected chi connectivity index (χ4v) is 3.62. The fourth-order valence-electron chi connectivity index (χ4n) is 3.07. The molecule has 0 radical (unpaired) electrons. The van der Waals surface area contributed by atoms with Crippen molar-refractivity contribution in [2.45, 2.75) is 18.4 Å². The van der Waals surface area contributed by atoms with Crippen molar-refractivity contribution in [3.05, 3.63) is 52.9 Å². The van der Waals surface area contributed by atoms with Crippen molar-refractivity contribution >= 4 is 29.2 Å². The average Bonchev–Trinajstić information content (AvgIpc) is 2.66. The van der Waals surface area contributed by atoms with Crippen molar-refractivity contribution in [2.24, 2.45) is 5.14 Å². The zero-order chi connectivity index (χ0) is 23.8. The number of carbonyl (C=O) groups excluding carboxylic acids is 1. The third kappa shape index (κ3) is 4.93. The topological polar surface area (TPSA) is 201 Å². The fraction of sp³-hybridized carbons (Fsp3) is 0.188. The number of aromatic carboxylic acids is 1. The number of nitrogens with one attached hydrogen (secondary N) is 2. The number of hydrogen-bond donors (Lipinski definition) is 6. The molecule has 1 aromatic heterocycles. The van der Waals surface area contributed by atoms with E-state index in [1.165, 1.54) is 6.07 Å². The summed E-state index contributed by atoms with van der Waals surface area (Å²) in [5.41, 5.74) is -1.41. The second-order valence-electron chi connectivity index (χ2n) is 6.70. The van der Waals surface area contributed by atoms with Gasteiger partial charge in [0.25, 0.3) is 10.2 Å². The maximum Gasteiger partial charge on any atom is 0.547 e. The first kappa shape index (κ1) is 23.3. The summed E-state index contributed by atoms with van der Waals surface area (Å²) >= 11 is 0. The number of pyridine rings is 1. The number of benzene rings is 1. The molecule has 0 saturated carbocycles. The minimum Gasteiger partial charge on any atom is -0.534 e. The molecule has 0 spiro atoms. The molecule has 12 nitrogen and oxygen atoms in total. The molecule has 0 bridgehead atoms. The number of rotatable bonds is 6. The monoisotopic (exact) mass is 472 g/mol. The molecule has 1 aliphatic rings. The number of amides is 1. The van der Waals surface area contributed by atoms with Crippen LogP contribution in [0.25, 0.3) is 0 Å². The number of nitrogens with zero attached hydrogens (tertiary/aromatic N) is 1. The Morgan fingerprint density at radius 3 is 2.59 bits per heavy atom. The first-order valence-electron chi connectivity index (χ1n) is 8.71. The SMILES string of the molecule is NS(=O)(=O)NC(C(=O)N[C@H]1Cc2ccc(F)c(C(=O)O)c2OB1O)c1ncc(O)cc1F. The van der Waals surface area contributed by atoms with Crippen LogP contribution in [0, 0.1) is 11.6 Å². The lowest BCUT2D eigenvalue weighted by Gasteiger charge is -2.30. The van der Waals surface area contributed by atoms with Gasteiger partial charge in [0, 0.05) is 6.07 Å². The van der Waals surface area contributed by atoms with Crippen LogP contribution in [-0.2, 0) is 21.4 Å². The molecule has 170 valence electrons. The molecule has 16 heteroatoms. The van der Waals surface area contributed by atoms with E-state index in [2.05, 4.69) is 10.3 Å². The van der Waals surface area contributed by atoms with Gasteiger partial charge in [0.1, 0.15) is 34.6 Å². The highest BCUT2D eigenvalue weighted by atomic mass is 32.2. The van der Waals surface area contributed by atoms with Crippen LogP contribution in [0.1, 0.15) is 27.7 Å². The lowest BCUT2D eigenvalue weighted by atomic mass is 9.72. The number of aromatic hydroxyl groups is 1. The molecule has 2 heterocycles. The number of fused-ring (bicyclic) bond motifs is 1. The molecule has 7 N–H and O–H groups in total. The maximum absolute atomic E-state index is 14.2. The highest BCUT2D eigenvalue weighted by molar-refractivity contribution is 7.87. The Morgan fingerprint density at radius 2 is 2.00 bits per heavy atom. The molecule has 32 heavy (non-hydrogen) atoms. The van der Waals surface area contributed by atoms with Gasteiger partial charge in [-0.05, 0) is 18.1 Å². The number of carbonyl (C=O) groups is 2. The quantitative estimate of drug-likeness (QED) is 0.278. The second kappa shape index (κ2) is 8.66. The summed E-state index contributed by atoms with van der Waals surface area (Å²) in [6, 6.07) is 0.638. The Bertz CT molecular complexity index is 1200. The minimum absolute atomic E-state index is 0.129.